The summed E-state index contributed by atoms with van der Waals surface area (Å²) in [7, 11) is 0. The van der Waals surface area contributed by atoms with Crippen LogP contribution in [0.15, 0.2) is 18.2 Å². The lowest BCUT2D eigenvalue weighted by Gasteiger charge is -2.16. The number of carbonyl (C=O) groups excluding carboxylic acids is 1. The third-order valence-electron chi connectivity index (χ3n) is 2.94. The Morgan fingerprint density at radius 2 is 1.94 bits per heavy atom. The minimum Gasteiger partial charge on any atom is -0.478 e. The summed E-state index contributed by atoms with van der Waals surface area (Å²) >= 11 is 0. The van der Waals surface area contributed by atoms with Gasteiger partial charge in [-0.2, -0.15) is 0 Å². The van der Waals surface area contributed by atoms with Crippen LogP contribution in [0.2, 0.25) is 0 Å². The average molecular weight is 250 g/mol. The van der Waals surface area contributed by atoms with Gasteiger partial charge < -0.3 is 16.2 Å². The Morgan fingerprint density at radius 3 is 2.44 bits per heavy atom. The first kappa shape index (κ1) is 14.2. The molecule has 1 aromatic rings. The van der Waals surface area contributed by atoms with Crippen LogP contribution in [-0.4, -0.2) is 23.0 Å². The van der Waals surface area contributed by atoms with E-state index in [0.29, 0.717) is 5.69 Å². The quantitative estimate of drug-likeness (QED) is 0.757. The Bertz CT molecular complexity index is 469. The van der Waals surface area contributed by atoms with Crippen molar-refractivity contribution in [2.45, 2.75) is 26.8 Å². The van der Waals surface area contributed by atoms with Gasteiger partial charge in [-0.15, -0.1) is 0 Å². The first-order chi connectivity index (χ1) is 8.32. The van der Waals surface area contributed by atoms with E-state index in [0.717, 1.165) is 5.56 Å². The predicted octanol–water partition coefficient (Wildman–Crippen LogP) is 1.62. The highest BCUT2D eigenvalue weighted by molar-refractivity contribution is 5.95. The topological polar surface area (TPSA) is 92.4 Å². The summed E-state index contributed by atoms with van der Waals surface area (Å²) in [5, 5.41) is 11.6. The molecule has 0 bridgehead atoms. The average Bonchev–Trinajstić information content (AvgIpc) is 2.30. The van der Waals surface area contributed by atoms with Gasteiger partial charge in [0.05, 0.1) is 11.5 Å². The first-order valence-electron chi connectivity index (χ1n) is 5.73. The predicted molar refractivity (Wildman–Crippen MR) is 69.6 cm³/mol. The normalized spacial score (nSPS) is 13.8. The summed E-state index contributed by atoms with van der Waals surface area (Å²) in [6.45, 7) is 5.29. The SMILES string of the molecule is Cc1ccc(C(=O)O)cc1NC(=O)C(C)C(C)N. The third kappa shape index (κ3) is 3.30. The minimum absolute atomic E-state index is 0.143. The Kier molecular flexibility index (Phi) is 4.44. The van der Waals surface area contributed by atoms with Crippen molar-refractivity contribution in [3.8, 4) is 0 Å². The van der Waals surface area contributed by atoms with Crippen molar-refractivity contribution < 1.29 is 14.7 Å². The number of hydrogen-bond acceptors (Lipinski definition) is 3. The molecule has 0 saturated carbocycles. The van der Waals surface area contributed by atoms with E-state index in [1.54, 1.807) is 26.8 Å². The first-order valence-corrected chi connectivity index (χ1v) is 5.73. The number of aromatic carboxylic acids is 1. The van der Waals surface area contributed by atoms with Crippen LogP contribution in [0.4, 0.5) is 5.69 Å². The van der Waals surface area contributed by atoms with Crippen LogP contribution < -0.4 is 11.1 Å². The molecule has 1 amide bonds. The van der Waals surface area contributed by atoms with Crippen molar-refractivity contribution in [2.24, 2.45) is 11.7 Å². The molecule has 0 aromatic heterocycles. The van der Waals surface area contributed by atoms with E-state index in [-0.39, 0.29) is 23.4 Å². The number of carbonyl (C=O) groups is 2. The highest BCUT2D eigenvalue weighted by Crippen LogP contribution is 2.18. The number of carboxylic acid groups (broad SMARTS) is 1. The number of hydrogen-bond donors (Lipinski definition) is 3. The highest BCUT2D eigenvalue weighted by atomic mass is 16.4. The standard InChI is InChI=1S/C13H18N2O3/c1-7-4-5-10(13(17)18)6-11(7)15-12(16)8(2)9(3)14/h4-6,8-9H,14H2,1-3H3,(H,15,16)(H,17,18). The van der Waals surface area contributed by atoms with Crippen LogP contribution in [0, 0.1) is 12.8 Å². The van der Waals surface area contributed by atoms with E-state index < -0.39 is 5.97 Å². The number of amides is 1. The van der Waals surface area contributed by atoms with E-state index in [1.807, 2.05) is 0 Å². The van der Waals surface area contributed by atoms with Crippen molar-refractivity contribution in [3.05, 3.63) is 29.3 Å². The van der Waals surface area contributed by atoms with Gasteiger partial charge in [-0.3, -0.25) is 4.79 Å². The van der Waals surface area contributed by atoms with Crippen molar-refractivity contribution in [1.82, 2.24) is 0 Å². The highest BCUT2D eigenvalue weighted by Gasteiger charge is 2.18. The van der Waals surface area contributed by atoms with Crippen molar-refractivity contribution >= 4 is 17.6 Å². The number of nitrogens with two attached hydrogens (primary N) is 1. The second kappa shape index (κ2) is 5.64. The van der Waals surface area contributed by atoms with Crippen LogP contribution in [0.5, 0.6) is 0 Å². The lowest BCUT2D eigenvalue weighted by atomic mass is 10.0. The van der Waals surface area contributed by atoms with Gasteiger partial charge in [0.25, 0.3) is 0 Å². The van der Waals surface area contributed by atoms with Crippen LogP contribution in [0.25, 0.3) is 0 Å². The molecule has 2 atom stereocenters. The molecule has 98 valence electrons. The molecule has 2 unspecified atom stereocenters. The van der Waals surface area contributed by atoms with Gasteiger partial charge in [-0.05, 0) is 31.5 Å². The molecule has 4 N–H and O–H groups in total. The van der Waals surface area contributed by atoms with Gasteiger partial charge >= 0.3 is 5.97 Å². The summed E-state index contributed by atoms with van der Waals surface area (Å²) in [6.07, 6.45) is 0. The Labute approximate surface area is 106 Å². The number of anilines is 1. The van der Waals surface area contributed by atoms with Crippen molar-refractivity contribution in [3.63, 3.8) is 0 Å². The van der Waals surface area contributed by atoms with Gasteiger partial charge in [0, 0.05) is 11.7 Å². The summed E-state index contributed by atoms with van der Waals surface area (Å²) in [6, 6.07) is 4.36. The smallest absolute Gasteiger partial charge is 0.335 e. The zero-order valence-electron chi connectivity index (χ0n) is 10.7. The molecule has 0 aliphatic rings. The number of nitrogens with one attached hydrogen (secondary N) is 1. The van der Waals surface area contributed by atoms with E-state index in [9.17, 15) is 9.59 Å². The second-order valence-corrected chi connectivity index (χ2v) is 4.47. The maximum atomic E-state index is 11.8. The fourth-order valence-electron chi connectivity index (χ4n) is 1.38. The second-order valence-electron chi connectivity index (χ2n) is 4.47. The monoisotopic (exact) mass is 250 g/mol. The lowest BCUT2D eigenvalue weighted by molar-refractivity contribution is -0.119. The third-order valence-corrected chi connectivity index (χ3v) is 2.94. The molecule has 0 aliphatic carbocycles. The van der Waals surface area contributed by atoms with E-state index >= 15 is 0 Å². The van der Waals surface area contributed by atoms with Crippen LogP contribution in [0.3, 0.4) is 0 Å². The molecule has 0 radical (unpaired) electrons. The largest absolute Gasteiger partial charge is 0.478 e. The molecule has 1 rings (SSSR count). The minimum atomic E-state index is -1.02. The number of carboxylic acids is 1. The van der Waals surface area contributed by atoms with Gasteiger partial charge in [-0.1, -0.05) is 13.0 Å². The number of rotatable bonds is 4. The maximum absolute atomic E-state index is 11.8. The molecule has 1 aromatic carbocycles. The summed E-state index contributed by atoms with van der Waals surface area (Å²) in [4.78, 5) is 22.7. The van der Waals surface area contributed by atoms with Gasteiger partial charge in [0.2, 0.25) is 5.91 Å². The molecule has 0 heterocycles. The fraction of sp³-hybridized carbons (Fsp3) is 0.385. The number of aryl methyl sites for hydroxylation is 1. The maximum Gasteiger partial charge on any atom is 0.335 e. The fourth-order valence-corrected chi connectivity index (χ4v) is 1.38. The Morgan fingerprint density at radius 1 is 1.33 bits per heavy atom. The summed E-state index contributed by atoms with van der Waals surface area (Å²) < 4.78 is 0. The molecule has 5 nitrogen and oxygen atoms in total. The molecular formula is C13H18N2O3. The van der Waals surface area contributed by atoms with E-state index in [2.05, 4.69) is 5.32 Å². The van der Waals surface area contributed by atoms with Crippen LogP contribution in [-0.2, 0) is 4.79 Å². The Hall–Kier alpha value is -1.88. The molecule has 0 aliphatic heterocycles. The Balaban J connectivity index is 2.93. The van der Waals surface area contributed by atoms with Crippen molar-refractivity contribution in [1.29, 1.82) is 0 Å². The molecule has 5 heteroatoms. The van der Waals surface area contributed by atoms with Gasteiger partial charge in [-0.25, -0.2) is 4.79 Å². The summed E-state index contributed by atoms with van der Waals surface area (Å²) in [5.41, 5.74) is 7.11. The molecule has 0 saturated heterocycles. The summed E-state index contributed by atoms with van der Waals surface area (Å²) in [5.74, 6) is -1.57. The van der Waals surface area contributed by atoms with Crippen molar-refractivity contribution in [2.75, 3.05) is 5.32 Å². The van der Waals surface area contributed by atoms with E-state index in [1.165, 1.54) is 12.1 Å². The molecular weight excluding hydrogens is 232 g/mol. The molecule has 0 fully saturated rings. The van der Waals surface area contributed by atoms with Crippen LogP contribution in [0.1, 0.15) is 29.8 Å². The molecule has 0 spiro atoms. The lowest BCUT2D eigenvalue weighted by Crippen LogP contribution is -2.34. The van der Waals surface area contributed by atoms with E-state index in [4.69, 9.17) is 10.8 Å². The zero-order valence-corrected chi connectivity index (χ0v) is 10.7. The zero-order chi connectivity index (χ0) is 13.9. The van der Waals surface area contributed by atoms with Crippen LogP contribution >= 0.6 is 0 Å². The van der Waals surface area contributed by atoms with Gasteiger partial charge in [0.1, 0.15) is 0 Å². The number of benzene rings is 1. The molecule has 18 heavy (non-hydrogen) atoms. The van der Waals surface area contributed by atoms with Gasteiger partial charge in [0.15, 0.2) is 0 Å².